The second-order valence-corrected chi connectivity index (χ2v) is 3.77. The lowest BCUT2D eigenvalue weighted by Crippen LogP contribution is -2.36. The first-order chi connectivity index (χ1) is 9.52. The van der Waals surface area contributed by atoms with E-state index < -0.39 is 12.1 Å². The van der Waals surface area contributed by atoms with Crippen LogP contribution in [0.2, 0.25) is 0 Å². The molecule has 0 radical (unpaired) electrons. The fraction of sp³-hybridized carbons (Fsp3) is 0.214. The van der Waals surface area contributed by atoms with Gasteiger partial charge in [-0.1, -0.05) is 5.92 Å². The fourth-order valence-corrected chi connectivity index (χ4v) is 1.26. The molecule has 1 amide bonds. The van der Waals surface area contributed by atoms with Crippen molar-refractivity contribution in [1.29, 1.82) is 0 Å². The molecule has 1 unspecified atom stereocenters. The van der Waals surface area contributed by atoms with Gasteiger partial charge in [0.25, 0.3) is 5.91 Å². The first-order valence-electron chi connectivity index (χ1n) is 5.78. The Labute approximate surface area is 116 Å². The van der Waals surface area contributed by atoms with Gasteiger partial charge in [0.1, 0.15) is 5.75 Å². The molecule has 1 atom stereocenters. The first kappa shape index (κ1) is 15.2. The predicted molar refractivity (Wildman–Crippen MR) is 72.8 cm³/mol. The maximum Gasteiger partial charge on any atom is 0.328 e. The average Bonchev–Trinajstić information content (AvgIpc) is 2.43. The second kappa shape index (κ2) is 7.59. The summed E-state index contributed by atoms with van der Waals surface area (Å²) in [5, 5.41) is 11.0. The van der Waals surface area contributed by atoms with Gasteiger partial charge in [0.05, 0.1) is 18.4 Å². The average molecular weight is 274 g/mol. The molecule has 0 fully saturated rings. The monoisotopic (exact) mass is 274 g/mol. The number of ether oxygens (including phenoxy) is 1. The molecule has 0 aliphatic heterocycles. The third kappa shape index (κ3) is 5.23. The highest BCUT2D eigenvalue weighted by Crippen LogP contribution is 2.12. The number of hydrogen-bond acceptors (Lipinski definition) is 4. The van der Waals surface area contributed by atoms with Crippen LogP contribution in [0.5, 0.6) is 5.75 Å². The molecule has 6 heteroatoms. The predicted octanol–water partition coefficient (Wildman–Crippen LogP) is 0.696. The largest absolute Gasteiger partial charge is 0.479 e. The zero-order valence-corrected chi connectivity index (χ0v) is 10.9. The number of nitrogens with zero attached hydrogens (tertiary/aromatic N) is 1. The molecule has 0 saturated carbocycles. The summed E-state index contributed by atoms with van der Waals surface area (Å²) in [6.45, 7) is 1.73. The van der Waals surface area contributed by atoms with Gasteiger partial charge in [-0.3, -0.25) is 9.78 Å². The lowest BCUT2D eigenvalue weighted by Gasteiger charge is -2.13. The summed E-state index contributed by atoms with van der Waals surface area (Å²) in [7, 11) is 0. The summed E-state index contributed by atoms with van der Waals surface area (Å²) >= 11 is 0. The van der Waals surface area contributed by atoms with Gasteiger partial charge in [0.2, 0.25) is 0 Å². The lowest BCUT2D eigenvalue weighted by atomic mass is 10.3. The van der Waals surface area contributed by atoms with Crippen molar-refractivity contribution in [2.24, 2.45) is 0 Å². The Morgan fingerprint density at radius 1 is 1.60 bits per heavy atom. The van der Waals surface area contributed by atoms with E-state index in [0.717, 1.165) is 6.08 Å². The third-order valence-electron chi connectivity index (χ3n) is 2.20. The number of nitrogens with one attached hydrogen (secondary N) is 1. The van der Waals surface area contributed by atoms with Gasteiger partial charge in [-0.2, -0.15) is 0 Å². The Morgan fingerprint density at radius 3 is 2.90 bits per heavy atom. The van der Waals surface area contributed by atoms with Crippen LogP contribution in [0.1, 0.15) is 12.6 Å². The van der Waals surface area contributed by atoms with Crippen LogP contribution in [-0.2, 0) is 9.59 Å². The van der Waals surface area contributed by atoms with Gasteiger partial charge in [0.15, 0.2) is 6.10 Å². The van der Waals surface area contributed by atoms with E-state index in [1.54, 1.807) is 19.1 Å². The number of carboxylic acid groups (broad SMARTS) is 1. The molecule has 0 aromatic carbocycles. The summed E-state index contributed by atoms with van der Waals surface area (Å²) in [5.74, 6) is 1.32. The maximum absolute atomic E-state index is 11.5. The Morgan fingerprint density at radius 2 is 2.35 bits per heavy atom. The van der Waals surface area contributed by atoms with E-state index in [2.05, 4.69) is 16.2 Å². The van der Waals surface area contributed by atoms with E-state index >= 15 is 0 Å². The molecule has 6 nitrogen and oxygen atoms in total. The molecule has 1 aromatic rings. The van der Waals surface area contributed by atoms with Crippen LogP contribution < -0.4 is 10.1 Å². The molecule has 0 aliphatic carbocycles. The van der Waals surface area contributed by atoms with Crippen LogP contribution in [0.15, 0.2) is 24.4 Å². The Bertz CT molecular complexity index is 543. The highest BCUT2D eigenvalue weighted by Gasteiger charge is 2.13. The molecule has 0 aliphatic rings. The minimum atomic E-state index is -1.05. The summed E-state index contributed by atoms with van der Waals surface area (Å²) in [4.78, 5) is 25.9. The number of pyridine rings is 1. The molecule has 0 bridgehead atoms. The van der Waals surface area contributed by atoms with Crippen LogP contribution in [0.4, 0.5) is 0 Å². The number of aromatic nitrogens is 1. The summed E-state index contributed by atoms with van der Waals surface area (Å²) in [5.41, 5.74) is 0.476. The Hall–Kier alpha value is -2.81. The first-order valence-corrected chi connectivity index (χ1v) is 5.78. The van der Waals surface area contributed by atoms with Crippen molar-refractivity contribution in [3.8, 4) is 18.1 Å². The highest BCUT2D eigenvalue weighted by molar-refractivity contribution is 5.84. The standard InChI is InChI=1S/C14H14N2O4/c1-3-8-15-14(19)10(2)20-12-6-4-11(16-9-12)5-7-13(17)18/h1,4-7,9-10H,8H2,2H3,(H,15,19)(H,17,18). The van der Waals surface area contributed by atoms with E-state index in [1.807, 2.05) is 0 Å². The molecule has 0 saturated heterocycles. The van der Waals surface area contributed by atoms with E-state index in [0.29, 0.717) is 11.4 Å². The minimum Gasteiger partial charge on any atom is -0.479 e. The number of carbonyl (C=O) groups excluding carboxylic acids is 1. The van der Waals surface area contributed by atoms with Crippen molar-refractivity contribution < 1.29 is 19.4 Å². The van der Waals surface area contributed by atoms with Crippen molar-refractivity contribution in [2.45, 2.75) is 13.0 Å². The number of hydrogen-bond donors (Lipinski definition) is 2. The van der Waals surface area contributed by atoms with Crippen molar-refractivity contribution in [3.63, 3.8) is 0 Å². The number of aliphatic carboxylic acids is 1. The smallest absolute Gasteiger partial charge is 0.328 e. The van der Waals surface area contributed by atoms with E-state index in [1.165, 1.54) is 12.3 Å². The van der Waals surface area contributed by atoms with Crippen molar-refractivity contribution in [1.82, 2.24) is 10.3 Å². The molecule has 0 spiro atoms. The lowest BCUT2D eigenvalue weighted by molar-refractivity contribution is -0.131. The number of carboxylic acids is 1. The highest BCUT2D eigenvalue weighted by atomic mass is 16.5. The van der Waals surface area contributed by atoms with Crippen LogP contribution >= 0.6 is 0 Å². The molecule has 20 heavy (non-hydrogen) atoms. The maximum atomic E-state index is 11.5. The van der Waals surface area contributed by atoms with Crippen LogP contribution in [0.3, 0.4) is 0 Å². The molecule has 1 aromatic heterocycles. The van der Waals surface area contributed by atoms with Gasteiger partial charge >= 0.3 is 5.97 Å². The van der Waals surface area contributed by atoms with E-state index in [9.17, 15) is 9.59 Å². The molecule has 1 heterocycles. The Kier molecular flexibility index (Phi) is 5.78. The van der Waals surface area contributed by atoms with Crippen molar-refractivity contribution in [2.75, 3.05) is 6.54 Å². The van der Waals surface area contributed by atoms with Crippen LogP contribution in [-0.4, -0.2) is 34.6 Å². The fourth-order valence-electron chi connectivity index (χ4n) is 1.26. The van der Waals surface area contributed by atoms with Gasteiger partial charge in [0, 0.05) is 6.08 Å². The quantitative estimate of drug-likeness (QED) is 0.588. The molecule has 1 rings (SSSR count). The third-order valence-corrected chi connectivity index (χ3v) is 2.20. The van der Waals surface area contributed by atoms with Crippen LogP contribution in [0.25, 0.3) is 6.08 Å². The van der Waals surface area contributed by atoms with E-state index in [-0.39, 0.29) is 12.5 Å². The van der Waals surface area contributed by atoms with E-state index in [4.69, 9.17) is 16.3 Å². The Balaban J connectivity index is 2.59. The van der Waals surface area contributed by atoms with Gasteiger partial charge < -0.3 is 15.2 Å². The molecular formula is C14H14N2O4. The van der Waals surface area contributed by atoms with Crippen molar-refractivity contribution in [3.05, 3.63) is 30.1 Å². The topological polar surface area (TPSA) is 88.5 Å². The second-order valence-electron chi connectivity index (χ2n) is 3.77. The normalized spacial score (nSPS) is 11.6. The summed E-state index contributed by atoms with van der Waals surface area (Å²) < 4.78 is 5.37. The van der Waals surface area contributed by atoms with Gasteiger partial charge in [-0.05, 0) is 25.1 Å². The minimum absolute atomic E-state index is 0.143. The van der Waals surface area contributed by atoms with Gasteiger partial charge in [-0.15, -0.1) is 6.42 Å². The zero-order chi connectivity index (χ0) is 15.0. The SMILES string of the molecule is C#CCNC(=O)C(C)Oc1ccc(C=CC(=O)O)nc1. The molecular weight excluding hydrogens is 260 g/mol. The van der Waals surface area contributed by atoms with Gasteiger partial charge in [-0.25, -0.2) is 4.79 Å². The summed E-state index contributed by atoms with van der Waals surface area (Å²) in [6.07, 6.45) is 8.08. The number of rotatable bonds is 6. The molecule has 2 N–H and O–H groups in total. The molecule has 104 valence electrons. The van der Waals surface area contributed by atoms with Crippen molar-refractivity contribution >= 4 is 18.0 Å². The van der Waals surface area contributed by atoms with Crippen LogP contribution in [0, 0.1) is 12.3 Å². The zero-order valence-electron chi connectivity index (χ0n) is 10.9. The number of amides is 1. The number of carbonyl (C=O) groups is 2. The summed E-state index contributed by atoms with van der Waals surface area (Å²) in [6, 6.07) is 3.18. The number of terminal acetylenes is 1.